The Balaban J connectivity index is 1.74. The Labute approximate surface area is 114 Å². The van der Waals surface area contributed by atoms with Crippen molar-refractivity contribution < 1.29 is 9.53 Å². The van der Waals surface area contributed by atoms with Crippen molar-refractivity contribution in [2.75, 3.05) is 19.0 Å². The molecule has 0 bridgehead atoms. The Hall–Kier alpha value is -1.55. The summed E-state index contributed by atoms with van der Waals surface area (Å²) in [4.78, 5) is 11.8. The average molecular weight is 262 g/mol. The molecule has 0 aromatic heterocycles. The topological polar surface area (TPSA) is 50.4 Å². The number of nitrogens with one attached hydrogen (secondary N) is 2. The van der Waals surface area contributed by atoms with Crippen LogP contribution in [0.3, 0.4) is 0 Å². The molecule has 1 saturated carbocycles. The first-order valence-electron chi connectivity index (χ1n) is 6.96. The molecule has 1 aromatic carbocycles. The first kappa shape index (κ1) is 13.9. The summed E-state index contributed by atoms with van der Waals surface area (Å²) < 4.78 is 5.20. The molecule has 1 fully saturated rings. The minimum atomic E-state index is 0.0231. The molecule has 0 unspecified atom stereocenters. The van der Waals surface area contributed by atoms with Crippen molar-refractivity contribution in [1.29, 1.82) is 0 Å². The fourth-order valence-corrected chi connectivity index (χ4v) is 2.48. The summed E-state index contributed by atoms with van der Waals surface area (Å²) in [5, 5.41) is 6.32. The number of carbonyl (C=O) groups is 1. The van der Waals surface area contributed by atoms with Gasteiger partial charge in [-0.05, 0) is 25.0 Å². The zero-order valence-corrected chi connectivity index (χ0v) is 11.4. The summed E-state index contributed by atoms with van der Waals surface area (Å²) in [6.07, 6.45) is 5.60. The quantitative estimate of drug-likeness (QED) is 0.828. The van der Waals surface area contributed by atoms with Crippen LogP contribution in [-0.2, 0) is 4.79 Å². The van der Waals surface area contributed by atoms with Gasteiger partial charge in [0.25, 0.3) is 0 Å². The standard InChI is InChI=1S/C15H22N2O2/c1-19-14-9-5-4-8-13(14)17-15(18)10-11-16-12-6-2-3-7-12/h4-5,8-9,12,16H,2-3,6-7,10-11H2,1H3,(H,17,18). The molecule has 19 heavy (non-hydrogen) atoms. The molecule has 0 atom stereocenters. The van der Waals surface area contributed by atoms with Crippen LogP contribution in [0.4, 0.5) is 5.69 Å². The number of hydrogen-bond acceptors (Lipinski definition) is 3. The maximum absolute atomic E-state index is 11.8. The van der Waals surface area contributed by atoms with E-state index in [1.807, 2.05) is 24.3 Å². The van der Waals surface area contributed by atoms with Gasteiger partial charge in [0.2, 0.25) is 5.91 Å². The molecule has 4 nitrogen and oxygen atoms in total. The fraction of sp³-hybridized carbons (Fsp3) is 0.533. The van der Waals surface area contributed by atoms with Gasteiger partial charge in [-0.2, -0.15) is 0 Å². The van der Waals surface area contributed by atoms with Gasteiger partial charge in [0.05, 0.1) is 12.8 Å². The number of ether oxygens (including phenoxy) is 1. The second-order valence-corrected chi connectivity index (χ2v) is 4.93. The molecule has 0 heterocycles. The highest BCUT2D eigenvalue weighted by molar-refractivity contribution is 5.92. The molecule has 0 saturated heterocycles. The van der Waals surface area contributed by atoms with Crippen molar-refractivity contribution in [1.82, 2.24) is 5.32 Å². The van der Waals surface area contributed by atoms with Gasteiger partial charge in [-0.1, -0.05) is 25.0 Å². The predicted octanol–water partition coefficient (Wildman–Crippen LogP) is 2.56. The SMILES string of the molecule is COc1ccccc1NC(=O)CCNC1CCCC1. The van der Waals surface area contributed by atoms with Crippen LogP contribution < -0.4 is 15.4 Å². The van der Waals surface area contributed by atoms with Crippen LogP contribution in [0.15, 0.2) is 24.3 Å². The van der Waals surface area contributed by atoms with E-state index in [4.69, 9.17) is 4.74 Å². The first-order chi connectivity index (χ1) is 9.29. The van der Waals surface area contributed by atoms with Crippen LogP contribution >= 0.6 is 0 Å². The average Bonchev–Trinajstić information content (AvgIpc) is 2.92. The van der Waals surface area contributed by atoms with Gasteiger partial charge in [-0.15, -0.1) is 0 Å². The van der Waals surface area contributed by atoms with Crippen LogP contribution in [0, 0.1) is 0 Å². The van der Waals surface area contributed by atoms with Crippen molar-refractivity contribution in [3.63, 3.8) is 0 Å². The van der Waals surface area contributed by atoms with Crippen LogP contribution in [0.2, 0.25) is 0 Å². The lowest BCUT2D eigenvalue weighted by Gasteiger charge is -2.12. The maximum Gasteiger partial charge on any atom is 0.225 e. The van der Waals surface area contributed by atoms with Crippen molar-refractivity contribution in [3.8, 4) is 5.75 Å². The molecule has 0 aliphatic heterocycles. The Morgan fingerprint density at radius 1 is 1.32 bits per heavy atom. The second-order valence-electron chi connectivity index (χ2n) is 4.93. The van der Waals surface area contributed by atoms with E-state index in [-0.39, 0.29) is 5.91 Å². The molecule has 4 heteroatoms. The smallest absolute Gasteiger partial charge is 0.225 e. The molecule has 1 aliphatic carbocycles. The molecule has 0 radical (unpaired) electrons. The number of anilines is 1. The third-order valence-corrected chi connectivity index (χ3v) is 3.52. The summed E-state index contributed by atoms with van der Waals surface area (Å²) in [6.45, 7) is 0.742. The number of amides is 1. The third-order valence-electron chi connectivity index (χ3n) is 3.52. The van der Waals surface area contributed by atoms with Crippen LogP contribution in [0.5, 0.6) is 5.75 Å². The molecule has 104 valence electrons. The van der Waals surface area contributed by atoms with Gasteiger partial charge < -0.3 is 15.4 Å². The molecule has 1 amide bonds. The number of rotatable bonds is 6. The van der Waals surface area contributed by atoms with Crippen LogP contribution in [-0.4, -0.2) is 25.6 Å². The van der Waals surface area contributed by atoms with E-state index in [1.54, 1.807) is 7.11 Å². The van der Waals surface area contributed by atoms with E-state index in [1.165, 1.54) is 25.7 Å². The molecule has 1 aliphatic rings. The normalized spacial score (nSPS) is 15.4. The summed E-state index contributed by atoms with van der Waals surface area (Å²) in [5.74, 6) is 0.717. The molecule has 2 N–H and O–H groups in total. The third kappa shape index (κ3) is 4.24. The molecular formula is C15H22N2O2. The van der Waals surface area contributed by atoms with Crippen molar-refractivity contribution >= 4 is 11.6 Å². The summed E-state index contributed by atoms with van der Waals surface area (Å²) in [7, 11) is 1.60. The summed E-state index contributed by atoms with van der Waals surface area (Å²) in [5.41, 5.74) is 0.732. The van der Waals surface area contributed by atoms with Gasteiger partial charge in [0.15, 0.2) is 0 Å². The molecule has 2 rings (SSSR count). The van der Waals surface area contributed by atoms with E-state index in [0.717, 1.165) is 12.2 Å². The fourth-order valence-electron chi connectivity index (χ4n) is 2.48. The number of hydrogen-bond donors (Lipinski definition) is 2. The Morgan fingerprint density at radius 2 is 2.05 bits per heavy atom. The van der Waals surface area contributed by atoms with Gasteiger partial charge in [-0.25, -0.2) is 0 Å². The minimum Gasteiger partial charge on any atom is -0.495 e. The zero-order valence-electron chi connectivity index (χ0n) is 11.4. The zero-order chi connectivity index (χ0) is 13.5. The molecule has 1 aromatic rings. The number of para-hydroxylation sites is 2. The lowest BCUT2D eigenvalue weighted by atomic mass is 10.2. The van der Waals surface area contributed by atoms with E-state index in [2.05, 4.69) is 10.6 Å². The van der Waals surface area contributed by atoms with Crippen LogP contribution in [0.1, 0.15) is 32.1 Å². The highest BCUT2D eigenvalue weighted by Gasteiger charge is 2.14. The molecular weight excluding hydrogens is 240 g/mol. The van der Waals surface area contributed by atoms with E-state index in [0.29, 0.717) is 18.2 Å². The van der Waals surface area contributed by atoms with Gasteiger partial charge in [-0.3, -0.25) is 4.79 Å². The maximum atomic E-state index is 11.8. The Morgan fingerprint density at radius 3 is 2.79 bits per heavy atom. The predicted molar refractivity (Wildman–Crippen MR) is 76.5 cm³/mol. The van der Waals surface area contributed by atoms with Gasteiger partial charge in [0.1, 0.15) is 5.75 Å². The highest BCUT2D eigenvalue weighted by Crippen LogP contribution is 2.23. The van der Waals surface area contributed by atoms with E-state index < -0.39 is 0 Å². The van der Waals surface area contributed by atoms with Gasteiger partial charge >= 0.3 is 0 Å². The first-order valence-corrected chi connectivity index (χ1v) is 6.96. The van der Waals surface area contributed by atoms with Crippen molar-refractivity contribution in [2.24, 2.45) is 0 Å². The van der Waals surface area contributed by atoms with Crippen molar-refractivity contribution in [3.05, 3.63) is 24.3 Å². The summed E-state index contributed by atoms with van der Waals surface area (Å²) >= 11 is 0. The van der Waals surface area contributed by atoms with Gasteiger partial charge in [0, 0.05) is 19.0 Å². The monoisotopic (exact) mass is 262 g/mol. The lowest BCUT2D eigenvalue weighted by molar-refractivity contribution is -0.116. The largest absolute Gasteiger partial charge is 0.495 e. The molecule has 0 spiro atoms. The minimum absolute atomic E-state index is 0.0231. The number of methoxy groups -OCH3 is 1. The second kappa shape index (κ2) is 7.14. The number of benzene rings is 1. The van der Waals surface area contributed by atoms with Crippen molar-refractivity contribution in [2.45, 2.75) is 38.1 Å². The van der Waals surface area contributed by atoms with Crippen LogP contribution in [0.25, 0.3) is 0 Å². The summed E-state index contributed by atoms with van der Waals surface area (Å²) in [6, 6.07) is 8.07. The lowest BCUT2D eigenvalue weighted by Crippen LogP contribution is -2.29. The highest BCUT2D eigenvalue weighted by atomic mass is 16.5. The van der Waals surface area contributed by atoms with E-state index >= 15 is 0 Å². The Bertz CT molecular complexity index is 414. The van der Waals surface area contributed by atoms with E-state index in [9.17, 15) is 4.79 Å². The number of carbonyl (C=O) groups excluding carboxylic acids is 1. The Kier molecular flexibility index (Phi) is 5.21.